The van der Waals surface area contributed by atoms with E-state index in [4.69, 9.17) is 4.74 Å². The Labute approximate surface area is 185 Å². The van der Waals surface area contributed by atoms with Crippen molar-refractivity contribution in [2.45, 2.75) is 32.3 Å². The van der Waals surface area contributed by atoms with E-state index < -0.39 is 6.61 Å². The van der Waals surface area contributed by atoms with Gasteiger partial charge in [-0.2, -0.15) is 13.9 Å². The van der Waals surface area contributed by atoms with Crippen molar-refractivity contribution in [2.75, 3.05) is 20.2 Å². The molecule has 1 aliphatic heterocycles. The van der Waals surface area contributed by atoms with Crippen molar-refractivity contribution in [2.24, 2.45) is 5.10 Å². The highest BCUT2D eigenvalue weighted by molar-refractivity contribution is 6.02. The van der Waals surface area contributed by atoms with E-state index in [1.165, 1.54) is 24.3 Å². The fourth-order valence-electron chi connectivity index (χ4n) is 3.32. The highest BCUT2D eigenvalue weighted by atomic mass is 19.3. The number of benzene rings is 2. The van der Waals surface area contributed by atoms with Gasteiger partial charge >= 0.3 is 6.61 Å². The molecule has 0 radical (unpaired) electrons. The van der Waals surface area contributed by atoms with Crippen LogP contribution in [0.4, 0.5) is 8.78 Å². The average Bonchev–Trinajstić information content (AvgIpc) is 3.28. The van der Waals surface area contributed by atoms with Crippen LogP contribution in [0.3, 0.4) is 0 Å². The standard InChI is InChI=1S/C23H25F2N3O4/c1-31-19-8-7-16(15-20(19)32-23(24)25)11-13-26-21(29)9-10-22(30)28-14-12-18(27-28)17-5-3-2-4-6-17/h2-8,15,23H,9-14H2,1H3,(H,26,29). The number of carbonyl (C=O) groups excluding carboxylic acids is 2. The molecule has 32 heavy (non-hydrogen) atoms. The highest BCUT2D eigenvalue weighted by Crippen LogP contribution is 2.29. The Morgan fingerprint density at radius 2 is 1.91 bits per heavy atom. The Balaban J connectivity index is 1.42. The molecule has 9 heteroatoms. The zero-order valence-electron chi connectivity index (χ0n) is 17.7. The minimum absolute atomic E-state index is 0.0495. The third-order valence-electron chi connectivity index (χ3n) is 4.94. The summed E-state index contributed by atoms with van der Waals surface area (Å²) >= 11 is 0. The molecule has 0 aliphatic carbocycles. The Morgan fingerprint density at radius 3 is 2.62 bits per heavy atom. The summed E-state index contributed by atoms with van der Waals surface area (Å²) < 4.78 is 34.5. The van der Waals surface area contributed by atoms with E-state index in [1.807, 2.05) is 30.3 Å². The molecule has 7 nitrogen and oxygen atoms in total. The van der Waals surface area contributed by atoms with Crippen LogP contribution in [-0.2, 0) is 16.0 Å². The second-order valence-electron chi connectivity index (χ2n) is 7.14. The van der Waals surface area contributed by atoms with Crippen molar-refractivity contribution in [1.29, 1.82) is 0 Å². The molecule has 0 saturated heterocycles. The molecule has 0 saturated carbocycles. The molecule has 0 aromatic heterocycles. The first-order valence-corrected chi connectivity index (χ1v) is 10.3. The molecule has 0 bridgehead atoms. The van der Waals surface area contributed by atoms with E-state index in [-0.39, 0.29) is 36.2 Å². The summed E-state index contributed by atoms with van der Waals surface area (Å²) in [5.74, 6) is -0.313. The number of hydrogen-bond acceptors (Lipinski definition) is 5. The van der Waals surface area contributed by atoms with Crippen LogP contribution in [0.15, 0.2) is 53.6 Å². The highest BCUT2D eigenvalue weighted by Gasteiger charge is 2.21. The number of nitrogens with zero attached hydrogens (tertiary/aromatic N) is 2. The largest absolute Gasteiger partial charge is 0.493 e. The molecule has 2 aromatic carbocycles. The van der Waals surface area contributed by atoms with Crippen LogP contribution in [0, 0.1) is 0 Å². The molecule has 1 N–H and O–H groups in total. The van der Waals surface area contributed by atoms with E-state index in [0.717, 1.165) is 11.3 Å². The fourth-order valence-corrected chi connectivity index (χ4v) is 3.32. The fraction of sp³-hybridized carbons (Fsp3) is 0.348. The van der Waals surface area contributed by atoms with Crippen LogP contribution in [0.1, 0.15) is 30.4 Å². The maximum absolute atomic E-state index is 12.5. The average molecular weight is 445 g/mol. The van der Waals surface area contributed by atoms with Gasteiger partial charge in [-0.05, 0) is 29.7 Å². The van der Waals surface area contributed by atoms with Gasteiger partial charge in [-0.1, -0.05) is 36.4 Å². The SMILES string of the molecule is COc1ccc(CCNC(=O)CCC(=O)N2CCC(c3ccccc3)=N2)cc1OC(F)F. The molecule has 2 aromatic rings. The van der Waals surface area contributed by atoms with E-state index >= 15 is 0 Å². The minimum Gasteiger partial charge on any atom is -0.493 e. The smallest absolute Gasteiger partial charge is 0.387 e. The summed E-state index contributed by atoms with van der Waals surface area (Å²) in [6.07, 6.45) is 1.21. The third kappa shape index (κ3) is 6.50. The lowest BCUT2D eigenvalue weighted by molar-refractivity contribution is -0.133. The van der Waals surface area contributed by atoms with Gasteiger partial charge in [0.2, 0.25) is 11.8 Å². The monoisotopic (exact) mass is 445 g/mol. The zero-order valence-corrected chi connectivity index (χ0v) is 17.7. The lowest BCUT2D eigenvalue weighted by Gasteiger charge is -2.12. The van der Waals surface area contributed by atoms with Crippen molar-refractivity contribution < 1.29 is 27.8 Å². The summed E-state index contributed by atoms with van der Waals surface area (Å²) in [5.41, 5.74) is 2.55. The summed E-state index contributed by atoms with van der Waals surface area (Å²) in [6.45, 7) is -2.15. The van der Waals surface area contributed by atoms with Crippen LogP contribution in [-0.4, -0.2) is 49.3 Å². The Hall–Kier alpha value is -3.49. The predicted octanol–water partition coefficient (Wildman–Crippen LogP) is 3.37. The first kappa shape index (κ1) is 23.2. The number of methoxy groups -OCH3 is 1. The van der Waals surface area contributed by atoms with Crippen LogP contribution in [0.2, 0.25) is 0 Å². The number of ether oxygens (including phenoxy) is 2. The lowest BCUT2D eigenvalue weighted by Crippen LogP contribution is -2.29. The van der Waals surface area contributed by atoms with Crippen LogP contribution >= 0.6 is 0 Å². The van der Waals surface area contributed by atoms with E-state index in [1.54, 1.807) is 6.07 Å². The minimum atomic E-state index is -2.96. The number of alkyl halides is 2. The molecule has 0 fully saturated rings. The number of hydrogen-bond donors (Lipinski definition) is 1. The normalized spacial score (nSPS) is 13.1. The summed E-state index contributed by atoms with van der Waals surface area (Å²) in [6, 6.07) is 14.4. The molecule has 0 atom stereocenters. The second-order valence-corrected chi connectivity index (χ2v) is 7.14. The molecule has 3 rings (SSSR count). The van der Waals surface area contributed by atoms with Gasteiger partial charge in [0, 0.05) is 25.8 Å². The molecule has 170 valence electrons. The molecular weight excluding hydrogens is 420 g/mol. The summed E-state index contributed by atoms with van der Waals surface area (Å²) in [5, 5.41) is 8.52. The molecule has 0 unspecified atom stereocenters. The van der Waals surface area contributed by atoms with Crippen molar-refractivity contribution in [1.82, 2.24) is 10.3 Å². The van der Waals surface area contributed by atoms with E-state index in [0.29, 0.717) is 31.5 Å². The number of halogens is 2. The Morgan fingerprint density at radius 1 is 1.12 bits per heavy atom. The Bertz CT molecular complexity index is 967. The maximum atomic E-state index is 12.5. The third-order valence-corrected chi connectivity index (χ3v) is 4.94. The molecular formula is C23H25F2N3O4. The zero-order chi connectivity index (χ0) is 22.9. The lowest BCUT2D eigenvalue weighted by atomic mass is 10.1. The molecule has 1 aliphatic rings. The van der Waals surface area contributed by atoms with Crippen molar-refractivity contribution in [3.63, 3.8) is 0 Å². The molecule has 0 spiro atoms. The topological polar surface area (TPSA) is 80.2 Å². The predicted molar refractivity (Wildman–Crippen MR) is 115 cm³/mol. The Kier molecular flexibility index (Phi) is 8.13. The quantitative estimate of drug-likeness (QED) is 0.608. The van der Waals surface area contributed by atoms with Gasteiger partial charge in [-0.25, -0.2) is 5.01 Å². The van der Waals surface area contributed by atoms with E-state index in [9.17, 15) is 18.4 Å². The van der Waals surface area contributed by atoms with Gasteiger partial charge in [-0.15, -0.1) is 0 Å². The number of rotatable bonds is 10. The van der Waals surface area contributed by atoms with Gasteiger partial charge < -0.3 is 14.8 Å². The van der Waals surface area contributed by atoms with Crippen LogP contribution in [0.25, 0.3) is 0 Å². The number of amides is 2. The maximum Gasteiger partial charge on any atom is 0.387 e. The number of nitrogens with one attached hydrogen (secondary N) is 1. The van der Waals surface area contributed by atoms with Crippen molar-refractivity contribution in [3.8, 4) is 11.5 Å². The van der Waals surface area contributed by atoms with E-state index in [2.05, 4.69) is 15.2 Å². The number of hydrazone groups is 1. The summed E-state index contributed by atoms with van der Waals surface area (Å²) in [4.78, 5) is 24.4. The summed E-state index contributed by atoms with van der Waals surface area (Å²) in [7, 11) is 1.37. The first-order chi connectivity index (χ1) is 15.5. The van der Waals surface area contributed by atoms with Gasteiger partial charge in [-0.3, -0.25) is 9.59 Å². The molecule has 2 amide bonds. The first-order valence-electron chi connectivity index (χ1n) is 10.3. The van der Waals surface area contributed by atoms with Crippen molar-refractivity contribution in [3.05, 3.63) is 59.7 Å². The van der Waals surface area contributed by atoms with Gasteiger partial charge in [0.05, 0.1) is 19.4 Å². The number of carbonyl (C=O) groups is 2. The van der Waals surface area contributed by atoms with Crippen LogP contribution < -0.4 is 14.8 Å². The molecule has 1 heterocycles. The van der Waals surface area contributed by atoms with Gasteiger partial charge in [0.25, 0.3) is 0 Å². The van der Waals surface area contributed by atoms with Crippen molar-refractivity contribution >= 4 is 17.5 Å². The van der Waals surface area contributed by atoms with Gasteiger partial charge in [0.15, 0.2) is 11.5 Å². The van der Waals surface area contributed by atoms with Gasteiger partial charge in [0.1, 0.15) is 0 Å². The second kappa shape index (κ2) is 11.2. The van der Waals surface area contributed by atoms with Crippen LogP contribution in [0.5, 0.6) is 11.5 Å².